The third-order valence-corrected chi connectivity index (χ3v) is 6.75. The summed E-state index contributed by atoms with van der Waals surface area (Å²) in [7, 11) is -3.94. The Labute approximate surface area is 170 Å². The molecule has 0 amide bonds. The van der Waals surface area contributed by atoms with Gasteiger partial charge in [0, 0.05) is 4.88 Å². The van der Waals surface area contributed by atoms with E-state index in [2.05, 4.69) is 4.72 Å². The molecule has 0 unspecified atom stereocenters. The van der Waals surface area contributed by atoms with E-state index in [1.165, 1.54) is 12.1 Å². The summed E-state index contributed by atoms with van der Waals surface area (Å²) in [6, 6.07) is 13.2. The van der Waals surface area contributed by atoms with Crippen molar-refractivity contribution in [2.24, 2.45) is 0 Å². The maximum Gasteiger partial charge on any atom is 0.512 e. The zero-order chi connectivity index (χ0) is 20.6. The van der Waals surface area contributed by atoms with E-state index in [-0.39, 0.29) is 22.4 Å². The van der Waals surface area contributed by atoms with E-state index >= 15 is 0 Å². The molecule has 1 aliphatic rings. The van der Waals surface area contributed by atoms with E-state index in [4.69, 9.17) is 19.3 Å². The number of rotatable bonds is 5. The van der Waals surface area contributed by atoms with Crippen LogP contribution in [0.25, 0.3) is 10.4 Å². The van der Waals surface area contributed by atoms with E-state index in [0.29, 0.717) is 27.5 Å². The highest BCUT2D eigenvalue weighted by molar-refractivity contribution is 7.92. The molecular formula is C19H15NO7S2. The fraction of sp³-hybridized carbons (Fsp3) is 0.105. The maximum atomic E-state index is 12.8. The molecule has 0 saturated heterocycles. The fourth-order valence-electron chi connectivity index (χ4n) is 2.85. The first kappa shape index (κ1) is 19.1. The second-order valence-corrected chi connectivity index (χ2v) is 8.78. The van der Waals surface area contributed by atoms with Gasteiger partial charge in [-0.25, -0.2) is 13.2 Å². The zero-order valence-corrected chi connectivity index (χ0v) is 16.7. The standard InChI is InChI=1S/C19H15NO7S2/c1-11-4-2-3-5-17(11)29(23,24)20-13-9-16(28-18(13)27-19(21)22)12-6-7-14-15(8-12)26-10-25-14/h2-9,20H,10H2,1H3,(H,21,22). The summed E-state index contributed by atoms with van der Waals surface area (Å²) in [5.74, 6) is 1.16. The summed E-state index contributed by atoms with van der Waals surface area (Å²) in [6.45, 7) is 1.80. The fourth-order valence-corrected chi connectivity index (χ4v) is 5.17. The first-order valence-electron chi connectivity index (χ1n) is 8.36. The number of anilines is 1. The van der Waals surface area contributed by atoms with Crippen LogP contribution in [0.3, 0.4) is 0 Å². The number of aryl methyl sites for hydroxylation is 1. The molecule has 150 valence electrons. The Morgan fingerprint density at radius 3 is 2.66 bits per heavy atom. The van der Waals surface area contributed by atoms with Crippen LogP contribution < -0.4 is 18.9 Å². The zero-order valence-electron chi connectivity index (χ0n) is 15.0. The Morgan fingerprint density at radius 2 is 1.90 bits per heavy atom. The molecule has 1 aromatic heterocycles. The van der Waals surface area contributed by atoms with Gasteiger partial charge in [0.25, 0.3) is 10.0 Å². The van der Waals surface area contributed by atoms with Gasteiger partial charge in [0.05, 0.1) is 4.90 Å². The van der Waals surface area contributed by atoms with Gasteiger partial charge in [-0.15, -0.1) is 0 Å². The number of sulfonamides is 1. The van der Waals surface area contributed by atoms with Crippen LogP contribution in [0.4, 0.5) is 10.5 Å². The van der Waals surface area contributed by atoms with Crippen molar-refractivity contribution in [2.45, 2.75) is 11.8 Å². The van der Waals surface area contributed by atoms with Gasteiger partial charge in [-0.2, -0.15) is 0 Å². The molecule has 10 heteroatoms. The topological polar surface area (TPSA) is 111 Å². The van der Waals surface area contributed by atoms with Gasteiger partial charge in [0.15, 0.2) is 11.5 Å². The van der Waals surface area contributed by atoms with Crippen molar-refractivity contribution in [1.29, 1.82) is 0 Å². The first-order valence-corrected chi connectivity index (χ1v) is 10.7. The van der Waals surface area contributed by atoms with E-state index in [9.17, 15) is 13.2 Å². The van der Waals surface area contributed by atoms with E-state index in [1.54, 1.807) is 43.3 Å². The molecule has 29 heavy (non-hydrogen) atoms. The van der Waals surface area contributed by atoms with Crippen molar-refractivity contribution in [2.75, 3.05) is 11.5 Å². The lowest BCUT2D eigenvalue weighted by molar-refractivity contribution is 0.146. The number of hydrogen-bond donors (Lipinski definition) is 2. The van der Waals surface area contributed by atoms with Gasteiger partial charge >= 0.3 is 6.16 Å². The Balaban J connectivity index is 1.73. The molecule has 8 nitrogen and oxygen atoms in total. The first-order chi connectivity index (χ1) is 13.8. The van der Waals surface area contributed by atoms with Crippen LogP contribution >= 0.6 is 11.3 Å². The number of carbonyl (C=O) groups is 1. The molecule has 0 spiro atoms. The van der Waals surface area contributed by atoms with Crippen molar-refractivity contribution in [3.05, 3.63) is 54.1 Å². The molecule has 0 radical (unpaired) electrons. The highest BCUT2D eigenvalue weighted by Gasteiger charge is 2.23. The SMILES string of the molecule is Cc1ccccc1S(=O)(=O)Nc1cc(-c2ccc3c(c2)OCO3)sc1OC(=O)O. The van der Waals surface area contributed by atoms with Crippen LogP contribution in [-0.2, 0) is 10.0 Å². The highest BCUT2D eigenvalue weighted by Crippen LogP contribution is 2.44. The van der Waals surface area contributed by atoms with Crippen LogP contribution in [0.1, 0.15) is 5.56 Å². The van der Waals surface area contributed by atoms with Gasteiger partial charge in [-0.1, -0.05) is 29.5 Å². The summed E-state index contributed by atoms with van der Waals surface area (Å²) in [6.07, 6.45) is -1.54. The van der Waals surface area contributed by atoms with Crippen molar-refractivity contribution < 1.29 is 32.5 Å². The van der Waals surface area contributed by atoms with Crippen LogP contribution in [0.15, 0.2) is 53.4 Å². The number of ether oxygens (including phenoxy) is 3. The smallest absolute Gasteiger partial charge is 0.454 e. The molecule has 2 heterocycles. The number of fused-ring (bicyclic) bond motifs is 1. The predicted molar refractivity (Wildman–Crippen MR) is 107 cm³/mol. The van der Waals surface area contributed by atoms with Gasteiger partial charge < -0.3 is 19.3 Å². The molecule has 0 aliphatic carbocycles. The number of thiophene rings is 1. The summed E-state index contributed by atoms with van der Waals surface area (Å²) in [5.41, 5.74) is 1.30. The normalized spacial score (nSPS) is 12.6. The largest absolute Gasteiger partial charge is 0.512 e. The second kappa shape index (κ2) is 7.30. The Hall–Kier alpha value is -3.24. The Morgan fingerprint density at radius 1 is 1.14 bits per heavy atom. The lowest BCUT2D eigenvalue weighted by Crippen LogP contribution is -2.15. The van der Waals surface area contributed by atoms with Crippen LogP contribution in [0.2, 0.25) is 0 Å². The quantitative estimate of drug-likeness (QED) is 0.577. The maximum absolute atomic E-state index is 12.8. The monoisotopic (exact) mass is 433 g/mol. The minimum Gasteiger partial charge on any atom is -0.454 e. The van der Waals surface area contributed by atoms with Crippen molar-refractivity contribution in [1.82, 2.24) is 0 Å². The summed E-state index contributed by atoms with van der Waals surface area (Å²) in [5, 5.41) is 8.95. The predicted octanol–water partition coefficient (Wildman–Crippen LogP) is 4.31. The van der Waals surface area contributed by atoms with Gasteiger partial charge in [-0.05, 0) is 48.4 Å². The van der Waals surface area contributed by atoms with E-state index in [1.807, 2.05) is 0 Å². The van der Waals surface area contributed by atoms with Crippen molar-refractivity contribution in [3.63, 3.8) is 0 Å². The molecule has 0 bridgehead atoms. The van der Waals surface area contributed by atoms with E-state index < -0.39 is 16.2 Å². The molecular weight excluding hydrogens is 418 g/mol. The number of benzene rings is 2. The summed E-state index contributed by atoms with van der Waals surface area (Å²) in [4.78, 5) is 11.8. The molecule has 0 fully saturated rings. The molecule has 0 atom stereocenters. The Kier molecular flexibility index (Phi) is 4.81. The number of nitrogens with one attached hydrogen (secondary N) is 1. The average Bonchev–Trinajstić information content (AvgIpc) is 3.27. The van der Waals surface area contributed by atoms with Crippen LogP contribution in [0.5, 0.6) is 16.6 Å². The lowest BCUT2D eigenvalue weighted by Gasteiger charge is -2.10. The molecule has 3 aromatic rings. The third-order valence-electron chi connectivity index (χ3n) is 4.16. The second-order valence-electron chi connectivity index (χ2n) is 6.12. The minimum absolute atomic E-state index is 0.0355. The van der Waals surface area contributed by atoms with E-state index in [0.717, 1.165) is 11.3 Å². The van der Waals surface area contributed by atoms with Crippen LogP contribution in [0, 0.1) is 6.92 Å². The molecule has 2 aromatic carbocycles. The minimum atomic E-state index is -3.94. The number of hydrogen-bond acceptors (Lipinski definition) is 7. The number of carboxylic acid groups (broad SMARTS) is 1. The summed E-state index contributed by atoms with van der Waals surface area (Å²) < 4.78 is 43.5. The molecule has 2 N–H and O–H groups in total. The lowest BCUT2D eigenvalue weighted by atomic mass is 10.1. The molecule has 1 aliphatic heterocycles. The van der Waals surface area contributed by atoms with Crippen LogP contribution in [-0.4, -0.2) is 26.5 Å². The van der Waals surface area contributed by atoms with Crippen molar-refractivity contribution in [3.8, 4) is 27.0 Å². The van der Waals surface area contributed by atoms with Gasteiger partial charge in [0.2, 0.25) is 11.9 Å². The van der Waals surface area contributed by atoms with Gasteiger partial charge in [-0.3, -0.25) is 4.72 Å². The van der Waals surface area contributed by atoms with Gasteiger partial charge in [0.1, 0.15) is 5.69 Å². The molecule has 4 rings (SSSR count). The molecule has 0 saturated carbocycles. The third kappa shape index (κ3) is 3.84. The highest BCUT2D eigenvalue weighted by atomic mass is 32.2. The summed E-state index contributed by atoms with van der Waals surface area (Å²) >= 11 is 1.00. The average molecular weight is 433 g/mol. The Bertz CT molecular complexity index is 1200. The van der Waals surface area contributed by atoms with Crippen molar-refractivity contribution >= 4 is 33.2 Å².